The smallest absolute Gasteiger partial charge is 0.238 e. The number of carbonyl (C=O) groups is 2. The Bertz CT molecular complexity index is 895. The highest BCUT2D eigenvalue weighted by Gasteiger charge is 2.21. The number of carbonyl (C=O) groups excluding carboxylic acids is 2. The summed E-state index contributed by atoms with van der Waals surface area (Å²) in [6.07, 6.45) is 0.880. The van der Waals surface area contributed by atoms with E-state index in [0.29, 0.717) is 23.8 Å². The molecule has 2 N–H and O–H groups in total. The van der Waals surface area contributed by atoms with Gasteiger partial charge >= 0.3 is 0 Å². The second-order valence-electron chi connectivity index (χ2n) is 7.64. The average Bonchev–Trinajstić information content (AvgIpc) is 2.72. The van der Waals surface area contributed by atoms with Gasteiger partial charge in [-0.15, -0.1) is 0 Å². The van der Waals surface area contributed by atoms with Gasteiger partial charge in [-0.05, 0) is 42.7 Å². The average molecular weight is 429 g/mol. The molecule has 6 nitrogen and oxygen atoms in total. The van der Waals surface area contributed by atoms with E-state index in [-0.39, 0.29) is 11.8 Å². The van der Waals surface area contributed by atoms with Crippen molar-refractivity contribution in [2.75, 3.05) is 49.9 Å². The van der Waals surface area contributed by atoms with Gasteiger partial charge in [0, 0.05) is 31.9 Å². The number of aryl methyl sites for hydroxylation is 2. The zero-order valence-corrected chi connectivity index (χ0v) is 18.3. The first-order valence-electron chi connectivity index (χ1n) is 10.3. The minimum absolute atomic E-state index is 0.00361. The van der Waals surface area contributed by atoms with E-state index in [9.17, 15) is 9.59 Å². The van der Waals surface area contributed by atoms with Gasteiger partial charge in [0.1, 0.15) is 0 Å². The van der Waals surface area contributed by atoms with Crippen LogP contribution in [-0.4, -0.2) is 60.9 Å². The second kappa shape index (κ2) is 10.6. The van der Waals surface area contributed by atoms with Gasteiger partial charge in [-0.1, -0.05) is 42.8 Å². The lowest BCUT2D eigenvalue weighted by Gasteiger charge is -2.33. The van der Waals surface area contributed by atoms with Crippen molar-refractivity contribution in [2.45, 2.75) is 20.3 Å². The molecule has 0 spiro atoms. The number of rotatable bonds is 7. The highest BCUT2D eigenvalue weighted by molar-refractivity contribution is 6.33. The minimum atomic E-state index is -0.0804. The molecule has 2 amide bonds. The van der Waals surface area contributed by atoms with Crippen LogP contribution in [0.5, 0.6) is 0 Å². The lowest BCUT2D eigenvalue weighted by atomic mass is 10.1. The number of amides is 2. The van der Waals surface area contributed by atoms with E-state index >= 15 is 0 Å². The van der Waals surface area contributed by atoms with Crippen LogP contribution in [0.2, 0.25) is 5.02 Å². The van der Waals surface area contributed by atoms with E-state index < -0.39 is 0 Å². The summed E-state index contributed by atoms with van der Waals surface area (Å²) in [6, 6.07) is 13.5. The Morgan fingerprint density at radius 1 is 0.900 bits per heavy atom. The Morgan fingerprint density at radius 2 is 1.47 bits per heavy atom. The molecule has 1 heterocycles. The summed E-state index contributed by atoms with van der Waals surface area (Å²) in [5.74, 6) is -0.0841. The molecule has 160 valence electrons. The molecule has 7 heteroatoms. The molecule has 0 unspecified atom stereocenters. The largest absolute Gasteiger partial charge is 0.325 e. The number of anilines is 2. The minimum Gasteiger partial charge on any atom is -0.325 e. The van der Waals surface area contributed by atoms with Crippen molar-refractivity contribution in [1.82, 2.24) is 9.80 Å². The number of hydrogen-bond donors (Lipinski definition) is 2. The molecule has 0 saturated carbocycles. The first-order valence-corrected chi connectivity index (χ1v) is 10.7. The number of halogens is 1. The van der Waals surface area contributed by atoms with Gasteiger partial charge in [-0.25, -0.2) is 0 Å². The summed E-state index contributed by atoms with van der Waals surface area (Å²) in [5.41, 5.74) is 3.71. The molecule has 0 aliphatic carbocycles. The van der Waals surface area contributed by atoms with Crippen LogP contribution >= 0.6 is 11.6 Å². The molecule has 30 heavy (non-hydrogen) atoms. The maximum atomic E-state index is 12.4. The fraction of sp³-hybridized carbons (Fsp3) is 0.391. The maximum Gasteiger partial charge on any atom is 0.238 e. The Labute approximate surface area is 183 Å². The lowest BCUT2D eigenvalue weighted by Crippen LogP contribution is -2.50. The van der Waals surface area contributed by atoms with Crippen LogP contribution in [-0.2, 0) is 16.0 Å². The molecular formula is C23H29ClN4O2. The third kappa shape index (κ3) is 6.29. The summed E-state index contributed by atoms with van der Waals surface area (Å²) in [6.45, 7) is 7.70. The van der Waals surface area contributed by atoms with Crippen LogP contribution in [0, 0.1) is 6.92 Å². The topological polar surface area (TPSA) is 64.7 Å². The zero-order valence-electron chi connectivity index (χ0n) is 17.6. The van der Waals surface area contributed by atoms with Crippen molar-refractivity contribution in [3.05, 3.63) is 58.6 Å². The molecule has 0 aromatic heterocycles. The van der Waals surface area contributed by atoms with Crippen LogP contribution in [0.15, 0.2) is 42.5 Å². The summed E-state index contributed by atoms with van der Waals surface area (Å²) in [7, 11) is 0. The fourth-order valence-corrected chi connectivity index (χ4v) is 3.85. The molecule has 1 aliphatic rings. The summed E-state index contributed by atoms with van der Waals surface area (Å²) in [4.78, 5) is 29.0. The molecule has 2 aromatic rings. The van der Waals surface area contributed by atoms with Gasteiger partial charge in [-0.3, -0.25) is 19.4 Å². The molecule has 1 saturated heterocycles. The number of nitrogens with one attached hydrogen (secondary N) is 2. The predicted octanol–water partition coefficient (Wildman–Crippen LogP) is 3.41. The Hall–Kier alpha value is -2.41. The van der Waals surface area contributed by atoms with Crippen LogP contribution in [0.3, 0.4) is 0 Å². The van der Waals surface area contributed by atoms with E-state index in [0.717, 1.165) is 49.4 Å². The van der Waals surface area contributed by atoms with E-state index in [1.165, 1.54) is 0 Å². The number of benzene rings is 2. The molecule has 0 bridgehead atoms. The fourth-order valence-electron chi connectivity index (χ4n) is 3.56. The van der Waals surface area contributed by atoms with Crippen molar-refractivity contribution < 1.29 is 9.59 Å². The van der Waals surface area contributed by atoms with E-state index in [2.05, 4.69) is 27.4 Å². The maximum absolute atomic E-state index is 12.4. The molecular weight excluding hydrogens is 400 g/mol. The monoisotopic (exact) mass is 428 g/mol. The van der Waals surface area contributed by atoms with Crippen molar-refractivity contribution in [1.29, 1.82) is 0 Å². The van der Waals surface area contributed by atoms with E-state index in [1.807, 2.05) is 49.4 Å². The van der Waals surface area contributed by atoms with Gasteiger partial charge in [0.05, 0.1) is 23.8 Å². The third-order valence-corrected chi connectivity index (χ3v) is 5.58. The van der Waals surface area contributed by atoms with Gasteiger partial charge in [-0.2, -0.15) is 0 Å². The first-order chi connectivity index (χ1) is 14.4. The second-order valence-corrected chi connectivity index (χ2v) is 8.05. The zero-order chi connectivity index (χ0) is 21.5. The Balaban J connectivity index is 1.42. The number of nitrogens with zero attached hydrogens (tertiary/aromatic N) is 2. The predicted molar refractivity (Wildman–Crippen MR) is 122 cm³/mol. The van der Waals surface area contributed by atoms with E-state index in [4.69, 9.17) is 11.6 Å². The summed E-state index contributed by atoms with van der Waals surface area (Å²) < 4.78 is 0. The normalized spacial score (nSPS) is 15.0. The summed E-state index contributed by atoms with van der Waals surface area (Å²) in [5, 5.41) is 6.44. The molecule has 0 atom stereocenters. The molecule has 0 radical (unpaired) electrons. The Morgan fingerprint density at radius 3 is 2.03 bits per heavy atom. The van der Waals surface area contributed by atoms with Crippen LogP contribution in [0.25, 0.3) is 0 Å². The standard InChI is InChI=1S/C23H29ClN4O2/c1-3-18-6-4-5-7-20(18)25-22(29)15-27-10-12-28(13-11-27)16-23(30)26-21-9-8-17(2)14-19(21)24/h4-9,14H,3,10-13,15-16H2,1-2H3,(H,25,29)(H,26,30). The highest BCUT2D eigenvalue weighted by Crippen LogP contribution is 2.22. The van der Waals surface area contributed by atoms with Gasteiger partial charge in [0.15, 0.2) is 0 Å². The first kappa shape index (κ1) is 22.3. The van der Waals surface area contributed by atoms with Gasteiger partial charge < -0.3 is 10.6 Å². The van der Waals surface area contributed by atoms with Crippen molar-refractivity contribution >= 4 is 34.8 Å². The Kier molecular flexibility index (Phi) is 7.85. The van der Waals surface area contributed by atoms with Crippen LogP contribution in [0.1, 0.15) is 18.1 Å². The number of para-hydroxylation sites is 1. The van der Waals surface area contributed by atoms with Crippen molar-refractivity contribution in [3.8, 4) is 0 Å². The molecule has 1 fully saturated rings. The SMILES string of the molecule is CCc1ccccc1NC(=O)CN1CCN(CC(=O)Nc2ccc(C)cc2Cl)CC1. The molecule has 3 rings (SSSR count). The van der Waals surface area contributed by atoms with Gasteiger partial charge in [0.2, 0.25) is 11.8 Å². The van der Waals surface area contributed by atoms with Crippen LogP contribution < -0.4 is 10.6 Å². The number of piperazine rings is 1. The highest BCUT2D eigenvalue weighted by atomic mass is 35.5. The lowest BCUT2D eigenvalue weighted by molar-refractivity contribution is -0.120. The van der Waals surface area contributed by atoms with Crippen LogP contribution in [0.4, 0.5) is 11.4 Å². The van der Waals surface area contributed by atoms with Crippen molar-refractivity contribution in [2.24, 2.45) is 0 Å². The number of hydrogen-bond acceptors (Lipinski definition) is 4. The van der Waals surface area contributed by atoms with Gasteiger partial charge in [0.25, 0.3) is 0 Å². The van der Waals surface area contributed by atoms with Crippen molar-refractivity contribution in [3.63, 3.8) is 0 Å². The quantitative estimate of drug-likeness (QED) is 0.709. The van der Waals surface area contributed by atoms with E-state index in [1.54, 1.807) is 0 Å². The molecule has 2 aromatic carbocycles. The summed E-state index contributed by atoms with van der Waals surface area (Å²) >= 11 is 6.19. The third-order valence-electron chi connectivity index (χ3n) is 5.27. The molecule has 1 aliphatic heterocycles.